The molecule has 0 aliphatic heterocycles. The molecule has 1 aromatic carbocycles. The third kappa shape index (κ3) is 3.30. The molecular formula is C13H15ClNO4P. The molecule has 0 unspecified atom stereocenters. The summed E-state index contributed by atoms with van der Waals surface area (Å²) in [5.41, 5.74) is 1.39. The Labute approximate surface area is 122 Å². The van der Waals surface area contributed by atoms with E-state index in [1.165, 1.54) is 0 Å². The Balaban J connectivity index is 2.34. The summed E-state index contributed by atoms with van der Waals surface area (Å²) >= 11 is 5.93. The molecule has 0 radical (unpaired) electrons. The molecule has 1 aromatic heterocycles. The van der Waals surface area contributed by atoms with E-state index in [0.717, 1.165) is 5.56 Å². The number of hydrogen-bond donors (Lipinski definition) is 0. The fourth-order valence-corrected chi connectivity index (χ4v) is 3.30. The van der Waals surface area contributed by atoms with Crippen LogP contribution >= 0.6 is 19.2 Å². The molecule has 20 heavy (non-hydrogen) atoms. The fraction of sp³-hybridized carbons (Fsp3) is 0.308. The first-order valence-corrected chi connectivity index (χ1v) is 8.13. The summed E-state index contributed by atoms with van der Waals surface area (Å²) in [6.07, 6.45) is 0. The van der Waals surface area contributed by atoms with Gasteiger partial charge in [-0.25, -0.2) is 0 Å². The second-order valence-corrected chi connectivity index (χ2v) is 6.28. The van der Waals surface area contributed by atoms with Crippen LogP contribution in [-0.4, -0.2) is 18.4 Å². The van der Waals surface area contributed by atoms with Gasteiger partial charge in [-0.2, -0.15) is 0 Å². The lowest BCUT2D eigenvalue weighted by molar-refractivity contribution is 0.223. The number of benzene rings is 1. The van der Waals surface area contributed by atoms with Crippen LogP contribution in [0.15, 0.2) is 34.9 Å². The first-order chi connectivity index (χ1) is 9.59. The molecule has 0 amide bonds. The molecule has 5 nitrogen and oxygen atoms in total. The topological polar surface area (TPSA) is 61.6 Å². The van der Waals surface area contributed by atoms with Crippen molar-refractivity contribution >= 4 is 24.7 Å². The monoisotopic (exact) mass is 315 g/mol. The summed E-state index contributed by atoms with van der Waals surface area (Å²) in [7, 11) is -3.45. The van der Waals surface area contributed by atoms with E-state index in [9.17, 15) is 4.57 Å². The minimum Gasteiger partial charge on any atom is -0.348 e. The van der Waals surface area contributed by atoms with Crippen molar-refractivity contribution in [2.24, 2.45) is 0 Å². The molecular weight excluding hydrogens is 301 g/mol. The zero-order valence-electron chi connectivity index (χ0n) is 11.2. The van der Waals surface area contributed by atoms with Crippen molar-refractivity contribution in [1.29, 1.82) is 0 Å². The maximum absolute atomic E-state index is 12.5. The fourth-order valence-electron chi connectivity index (χ4n) is 1.68. The molecule has 0 aliphatic carbocycles. The van der Waals surface area contributed by atoms with Crippen LogP contribution in [0.2, 0.25) is 5.02 Å². The lowest BCUT2D eigenvalue weighted by Crippen LogP contribution is -2.08. The molecule has 0 saturated heterocycles. The molecule has 2 aromatic rings. The Morgan fingerprint density at radius 3 is 2.55 bits per heavy atom. The standard InChI is InChI=1S/C13H15ClNO4P/c1-3-17-20(16,18-4-2)13-9-12(15-19-13)10-6-5-7-11(14)8-10/h5-9H,3-4H2,1-2H3. The van der Waals surface area contributed by atoms with Gasteiger partial charge in [-0.3, -0.25) is 4.57 Å². The van der Waals surface area contributed by atoms with Crippen LogP contribution in [0, 0.1) is 0 Å². The van der Waals surface area contributed by atoms with Crippen molar-refractivity contribution in [3.8, 4) is 11.3 Å². The number of halogens is 1. The average molecular weight is 316 g/mol. The van der Waals surface area contributed by atoms with E-state index >= 15 is 0 Å². The predicted octanol–water partition coefficient (Wildman–Crippen LogP) is 3.89. The van der Waals surface area contributed by atoms with Crippen LogP contribution in [-0.2, 0) is 13.6 Å². The molecule has 0 atom stereocenters. The molecule has 0 N–H and O–H groups in total. The zero-order chi connectivity index (χ0) is 14.6. The molecule has 1 heterocycles. The van der Waals surface area contributed by atoms with Crippen molar-refractivity contribution in [2.45, 2.75) is 13.8 Å². The maximum Gasteiger partial charge on any atom is 0.399 e. The molecule has 108 valence electrons. The molecule has 0 bridgehead atoms. The van der Waals surface area contributed by atoms with Crippen LogP contribution in [0.4, 0.5) is 0 Å². The Morgan fingerprint density at radius 2 is 1.95 bits per heavy atom. The van der Waals surface area contributed by atoms with E-state index in [0.29, 0.717) is 10.7 Å². The van der Waals surface area contributed by atoms with Crippen molar-refractivity contribution in [1.82, 2.24) is 5.16 Å². The highest BCUT2D eigenvalue weighted by Gasteiger charge is 2.32. The normalized spacial score (nSPS) is 11.8. The van der Waals surface area contributed by atoms with E-state index in [1.807, 2.05) is 6.07 Å². The van der Waals surface area contributed by atoms with Crippen LogP contribution in [0.1, 0.15) is 13.8 Å². The third-order valence-corrected chi connectivity index (χ3v) is 4.67. The summed E-state index contributed by atoms with van der Waals surface area (Å²) in [6, 6.07) is 8.70. The van der Waals surface area contributed by atoms with Crippen molar-refractivity contribution in [3.63, 3.8) is 0 Å². The summed E-state index contributed by atoms with van der Waals surface area (Å²) in [5.74, 6) is 0. The summed E-state index contributed by atoms with van der Waals surface area (Å²) in [5, 5.41) is 4.48. The predicted molar refractivity (Wildman–Crippen MR) is 77.4 cm³/mol. The number of rotatable bonds is 6. The number of hydrogen-bond acceptors (Lipinski definition) is 5. The lowest BCUT2D eigenvalue weighted by Gasteiger charge is -2.12. The van der Waals surface area contributed by atoms with Gasteiger partial charge in [0.25, 0.3) is 0 Å². The van der Waals surface area contributed by atoms with E-state index < -0.39 is 7.60 Å². The van der Waals surface area contributed by atoms with E-state index in [2.05, 4.69) is 5.16 Å². The first kappa shape index (κ1) is 15.3. The van der Waals surface area contributed by atoms with E-state index in [4.69, 9.17) is 25.2 Å². The smallest absolute Gasteiger partial charge is 0.348 e. The zero-order valence-corrected chi connectivity index (χ0v) is 12.9. The minimum absolute atomic E-state index is 0.0937. The second-order valence-electron chi connectivity index (χ2n) is 3.89. The molecule has 7 heteroatoms. The van der Waals surface area contributed by atoms with Gasteiger partial charge in [0.2, 0.25) is 5.50 Å². The SMILES string of the molecule is CCOP(=O)(OCC)c1cc(-c2cccc(Cl)c2)no1. The van der Waals surface area contributed by atoms with E-state index in [-0.39, 0.29) is 18.7 Å². The van der Waals surface area contributed by atoms with Crippen molar-refractivity contribution in [2.75, 3.05) is 13.2 Å². The van der Waals surface area contributed by atoms with Crippen molar-refractivity contribution < 1.29 is 18.1 Å². The lowest BCUT2D eigenvalue weighted by atomic mass is 10.2. The van der Waals surface area contributed by atoms with Gasteiger partial charge in [-0.15, -0.1) is 0 Å². The van der Waals surface area contributed by atoms with Gasteiger partial charge in [0.1, 0.15) is 5.69 Å². The Bertz CT molecular complexity index is 618. The van der Waals surface area contributed by atoms with Crippen LogP contribution in [0.5, 0.6) is 0 Å². The maximum atomic E-state index is 12.5. The van der Waals surface area contributed by atoms with Crippen LogP contribution in [0.25, 0.3) is 11.3 Å². The van der Waals surface area contributed by atoms with Gasteiger partial charge < -0.3 is 13.6 Å². The van der Waals surface area contributed by atoms with Crippen LogP contribution < -0.4 is 5.50 Å². The first-order valence-electron chi connectivity index (χ1n) is 6.21. The van der Waals surface area contributed by atoms with Gasteiger partial charge in [0.15, 0.2) is 0 Å². The molecule has 2 rings (SSSR count). The third-order valence-electron chi connectivity index (χ3n) is 2.49. The highest BCUT2D eigenvalue weighted by Crippen LogP contribution is 2.47. The van der Waals surface area contributed by atoms with Gasteiger partial charge in [-0.1, -0.05) is 28.9 Å². The average Bonchev–Trinajstić information content (AvgIpc) is 2.89. The van der Waals surface area contributed by atoms with E-state index in [1.54, 1.807) is 38.1 Å². The number of nitrogens with zero attached hydrogens (tertiary/aromatic N) is 1. The molecule has 0 aliphatic rings. The highest BCUT2D eigenvalue weighted by molar-refractivity contribution is 7.61. The molecule has 0 saturated carbocycles. The van der Waals surface area contributed by atoms with Gasteiger partial charge in [-0.05, 0) is 26.0 Å². The summed E-state index contributed by atoms with van der Waals surface area (Å²) < 4.78 is 28.0. The Kier molecular flexibility index (Phi) is 5.00. The highest BCUT2D eigenvalue weighted by atomic mass is 35.5. The summed E-state index contributed by atoms with van der Waals surface area (Å²) in [4.78, 5) is 0. The molecule has 0 spiro atoms. The Hall–Kier alpha value is -1.13. The van der Waals surface area contributed by atoms with Gasteiger partial charge in [0, 0.05) is 16.7 Å². The second kappa shape index (κ2) is 6.55. The largest absolute Gasteiger partial charge is 0.399 e. The van der Waals surface area contributed by atoms with Crippen molar-refractivity contribution in [3.05, 3.63) is 35.4 Å². The molecule has 0 fully saturated rings. The van der Waals surface area contributed by atoms with Gasteiger partial charge >= 0.3 is 7.60 Å². The quantitative estimate of drug-likeness (QED) is 0.757. The van der Waals surface area contributed by atoms with Gasteiger partial charge in [0.05, 0.1) is 13.2 Å². The minimum atomic E-state index is -3.45. The summed E-state index contributed by atoms with van der Waals surface area (Å²) in [6.45, 7) is 3.98. The Morgan fingerprint density at radius 1 is 1.25 bits per heavy atom. The van der Waals surface area contributed by atoms with Crippen LogP contribution in [0.3, 0.4) is 0 Å². The number of aromatic nitrogens is 1.